The number of aromatic nitrogens is 1. The third kappa shape index (κ3) is 3.49. The summed E-state index contributed by atoms with van der Waals surface area (Å²) in [6.07, 6.45) is 1.70. The summed E-state index contributed by atoms with van der Waals surface area (Å²) >= 11 is 6.00. The van der Waals surface area contributed by atoms with Crippen LogP contribution in [0.15, 0.2) is 41.4 Å². The molecule has 0 aliphatic rings. The molecule has 2 N–H and O–H groups in total. The van der Waals surface area contributed by atoms with E-state index in [1.165, 1.54) is 5.69 Å². The number of benzene rings is 2. The minimum atomic E-state index is 0.0958. The van der Waals surface area contributed by atoms with Gasteiger partial charge in [-0.3, -0.25) is 4.99 Å². The lowest BCUT2D eigenvalue weighted by Crippen LogP contribution is -2.21. The Hall–Kier alpha value is -2.46. The number of hydrogen-bond donors (Lipinski definition) is 2. The lowest BCUT2D eigenvalue weighted by molar-refractivity contribution is 0.457. The molecule has 0 radical (unpaired) electrons. The van der Waals surface area contributed by atoms with Crippen molar-refractivity contribution in [2.45, 2.75) is 20.8 Å². The molecule has 25 heavy (non-hydrogen) atoms. The van der Waals surface area contributed by atoms with Crippen molar-refractivity contribution in [1.29, 1.82) is 0 Å². The maximum absolute atomic E-state index is 10.2. The number of nitrogens with one attached hydrogen (secondary N) is 1. The summed E-state index contributed by atoms with van der Waals surface area (Å²) in [7, 11) is 0. The van der Waals surface area contributed by atoms with Crippen LogP contribution in [0.1, 0.15) is 25.0 Å². The van der Waals surface area contributed by atoms with Crippen molar-refractivity contribution < 1.29 is 5.11 Å². The highest BCUT2D eigenvalue weighted by atomic mass is 35.5. The van der Waals surface area contributed by atoms with Crippen molar-refractivity contribution in [2.24, 2.45) is 4.99 Å². The molecule has 5 heteroatoms. The van der Waals surface area contributed by atoms with Crippen LogP contribution in [0.4, 0.5) is 11.4 Å². The summed E-state index contributed by atoms with van der Waals surface area (Å²) < 4.78 is 0. The van der Waals surface area contributed by atoms with Crippen molar-refractivity contribution in [1.82, 2.24) is 4.98 Å². The Morgan fingerprint density at radius 1 is 1.16 bits per heavy atom. The molecule has 0 saturated heterocycles. The van der Waals surface area contributed by atoms with Crippen LogP contribution in [0.25, 0.3) is 10.9 Å². The van der Waals surface area contributed by atoms with Gasteiger partial charge in [0.25, 0.3) is 0 Å². The Bertz CT molecular complexity index is 926. The molecule has 1 heterocycles. The van der Waals surface area contributed by atoms with Crippen LogP contribution in [0, 0.1) is 6.92 Å². The molecule has 0 aliphatic carbocycles. The van der Waals surface area contributed by atoms with Gasteiger partial charge in [-0.2, -0.15) is 0 Å². The molecule has 0 amide bonds. The van der Waals surface area contributed by atoms with Crippen molar-refractivity contribution in [2.75, 3.05) is 18.0 Å². The molecule has 2 aromatic carbocycles. The van der Waals surface area contributed by atoms with Crippen molar-refractivity contribution in [3.63, 3.8) is 0 Å². The van der Waals surface area contributed by atoms with Crippen LogP contribution in [-0.2, 0) is 0 Å². The summed E-state index contributed by atoms with van der Waals surface area (Å²) in [5.74, 6) is 0.0958. The molecule has 0 aliphatic heterocycles. The van der Waals surface area contributed by atoms with E-state index < -0.39 is 0 Å². The fourth-order valence-corrected chi connectivity index (χ4v) is 3.18. The molecule has 1 aromatic heterocycles. The lowest BCUT2D eigenvalue weighted by atomic mass is 10.1. The number of fused-ring (bicyclic) bond motifs is 1. The van der Waals surface area contributed by atoms with E-state index in [1.54, 1.807) is 18.3 Å². The molecule has 0 saturated carbocycles. The number of anilines is 1. The van der Waals surface area contributed by atoms with Gasteiger partial charge in [-0.25, -0.2) is 0 Å². The van der Waals surface area contributed by atoms with E-state index in [9.17, 15) is 5.11 Å². The van der Waals surface area contributed by atoms with Crippen LogP contribution in [-0.4, -0.2) is 29.4 Å². The minimum Gasteiger partial charge on any atom is -0.494 e. The van der Waals surface area contributed by atoms with Gasteiger partial charge in [0.05, 0.1) is 16.8 Å². The second-order valence-electron chi connectivity index (χ2n) is 5.98. The SMILES string of the molecule is CCN(CC)c1ccc(N=Cc2c(O)[nH]c3cc(Cl)ccc23)c(C)c1. The molecular formula is C20H22ClN3O. The summed E-state index contributed by atoms with van der Waals surface area (Å²) in [6, 6.07) is 11.7. The average molecular weight is 356 g/mol. The number of aromatic hydroxyl groups is 1. The molecular weight excluding hydrogens is 334 g/mol. The number of H-pyrrole nitrogens is 1. The summed E-state index contributed by atoms with van der Waals surface area (Å²) in [6.45, 7) is 8.30. The Labute approximate surface area is 152 Å². The lowest BCUT2D eigenvalue weighted by Gasteiger charge is -2.21. The number of aliphatic imine (C=N–C) groups is 1. The minimum absolute atomic E-state index is 0.0958. The summed E-state index contributed by atoms with van der Waals surface area (Å²) in [4.78, 5) is 9.81. The number of rotatable bonds is 5. The van der Waals surface area contributed by atoms with Crippen LogP contribution < -0.4 is 4.90 Å². The number of hydrogen-bond acceptors (Lipinski definition) is 3. The van der Waals surface area contributed by atoms with E-state index in [-0.39, 0.29) is 5.88 Å². The first-order valence-electron chi connectivity index (χ1n) is 8.43. The Morgan fingerprint density at radius 3 is 2.60 bits per heavy atom. The zero-order valence-corrected chi connectivity index (χ0v) is 15.4. The zero-order valence-electron chi connectivity index (χ0n) is 14.7. The topological polar surface area (TPSA) is 51.6 Å². The van der Waals surface area contributed by atoms with Crippen molar-refractivity contribution in [3.05, 3.63) is 52.5 Å². The predicted octanol–water partition coefficient (Wildman–Crippen LogP) is 5.43. The molecule has 0 atom stereocenters. The largest absolute Gasteiger partial charge is 0.494 e. The Morgan fingerprint density at radius 2 is 1.92 bits per heavy atom. The standard InChI is InChI=1S/C20H22ClN3O/c1-4-24(5-2)15-7-9-18(13(3)10-15)22-12-17-16-8-6-14(21)11-19(16)23-20(17)25/h6-12,23,25H,4-5H2,1-3H3. The molecule has 3 rings (SSSR count). The smallest absolute Gasteiger partial charge is 0.198 e. The van der Waals surface area contributed by atoms with Gasteiger partial charge < -0.3 is 15.0 Å². The molecule has 4 nitrogen and oxygen atoms in total. The quantitative estimate of drug-likeness (QED) is 0.599. The molecule has 130 valence electrons. The molecule has 3 aromatic rings. The number of halogens is 1. The normalized spacial score (nSPS) is 11.5. The first-order chi connectivity index (χ1) is 12.0. The predicted molar refractivity (Wildman–Crippen MR) is 107 cm³/mol. The van der Waals surface area contributed by atoms with Crippen molar-refractivity contribution in [3.8, 4) is 5.88 Å². The van der Waals surface area contributed by atoms with E-state index >= 15 is 0 Å². The highest BCUT2D eigenvalue weighted by Crippen LogP contribution is 2.29. The first-order valence-corrected chi connectivity index (χ1v) is 8.81. The van der Waals surface area contributed by atoms with E-state index in [0.717, 1.165) is 35.2 Å². The Balaban J connectivity index is 1.94. The Kier molecular flexibility index (Phi) is 5.00. The van der Waals surface area contributed by atoms with Gasteiger partial charge in [-0.05, 0) is 56.7 Å². The second-order valence-corrected chi connectivity index (χ2v) is 6.41. The van der Waals surface area contributed by atoms with Crippen LogP contribution in [0.3, 0.4) is 0 Å². The summed E-state index contributed by atoms with van der Waals surface area (Å²) in [5, 5.41) is 11.7. The third-order valence-corrected chi connectivity index (χ3v) is 4.66. The van der Waals surface area contributed by atoms with Crippen LogP contribution in [0.5, 0.6) is 5.88 Å². The van der Waals surface area contributed by atoms with Crippen LogP contribution in [0.2, 0.25) is 5.02 Å². The number of nitrogens with zero attached hydrogens (tertiary/aromatic N) is 2. The van der Waals surface area contributed by atoms with Gasteiger partial charge in [0.15, 0.2) is 5.88 Å². The molecule has 0 fully saturated rings. The van der Waals surface area contributed by atoms with Gasteiger partial charge >= 0.3 is 0 Å². The van der Waals surface area contributed by atoms with Gasteiger partial charge in [-0.15, -0.1) is 0 Å². The van der Waals surface area contributed by atoms with Gasteiger partial charge in [0.2, 0.25) is 0 Å². The van der Waals surface area contributed by atoms with E-state index in [4.69, 9.17) is 11.6 Å². The zero-order chi connectivity index (χ0) is 18.0. The van der Waals surface area contributed by atoms with Crippen LogP contribution >= 0.6 is 11.6 Å². The molecule has 0 bridgehead atoms. The molecule has 0 spiro atoms. The van der Waals surface area contributed by atoms with Gasteiger partial charge in [0, 0.05) is 35.4 Å². The van der Waals surface area contributed by atoms with Gasteiger partial charge in [-0.1, -0.05) is 17.7 Å². The first kappa shape index (κ1) is 17.4. The maximum atomic E-state index is 10.2. The highest BCUT2D eigenvalue weighted by Gasteiger charge is 2.10. The van der Waals surface area contributed by atoms with E-state index in [2.05, 4.69) is 47.8 Å². The average Bonchev–Trinajstić information content (AvgIpc) is 2.89. The number of aromatic amines is 1. The fourth-order valence-electron chi connectivity index (χ4n) is 3.01. The van der Waals surface area contributed by atoms with Gasteiger partial charge in [0.1, 0.15) is 0 Å². The maximum Gasteiger partial charge on any atom is 0.198 e. The number of aryl methyl sites for hydroxylation is 1. The summed E-state index contributed by atoms with van der Waals surface area (Å²) in [5.41, 5.74) is 4.65. The highest BCUT2D eigenvalue weighted by molar-refractivity contribution is 6.31. The van der Waals surface area contributed by atoms with E-state index in [1.807, 2.05) is 12.1 Å². The van der Waals surface area contributed by atoms with E-state index in [0.29, 0.717) is 10.6 Å². The fraction of sp³-hybridized carbons (Fsp3) is 0.250. The second kappa shape index (κ2) is 7.19. The monoisotopic (exact) mass is 355 g/mol. The van der Waals surface area contributed by atoms with Crippen molar-refractivity contribution >= 4 is 40.1 Å². The molecule has 0 unspecified atom stereocenters. The third-order valence-electron chi connectivity index (χ3n) is 4.42.